The van der Waals surface area contributed by atoms with E-state index in [-0.39, 0.29) is 37.0 Å². The fraction of sp³-hybridized carbons (Fsp3) is 0.350. The van der Waals surface area contributed by atoms with Crippen molar-refractivity contribution in [3.05, 3.63) is 59.7 Å². The van der Waals surface area contributed by atoms with E-state index in [1.165, 1.54) is 6.07 Å². The van der Waals surface area contributed by atoms with Crippen LogP contribution in [0.25, 0.3) is 0 Å². The summed E-state index contributed by atoms with van der Waals surface area (Å²) in [6, 6.07) is 9.88. The summed E-state index contributed by atoms with van der Waals surface area (Å²) >= 11 is 0. The van der Waals surface area contributed by atoms with Crippen molar-refractivity contribution in [1.82, 2.24) is 5.32 Å². The highest BCUT2D eigenvalue weighted by atomic mass is 32.2. The number of halogens is 2. The largest absolute Gasteiger partial charge is 0.496 e. The summed E-state index contributed by atoms with van der Waals surface area (Å²) in [4.78, 5) is 12.3. The van der Waals surface area contributed by atoms with Gasteiger partial charge in [-0.1, -0.05) is 18.2 Å². The van der Waals surface area contributed by atoms with Crippen LogP contribution in [0.2, 0.25) is 0 Å². The van der Waals surface area contributed by atoms with E-state index in [2.05, 4.69) is 5.32 Å². The molecule has 1 amide bonds. The van der Waals surface area contributed by atoms with Gasteiger partial charge in [0, 0.05) is 24.6 Å². The molecule has 2 rings (SSSR count). The van der Waals surface area contributed by atoms with Gasteiger partial charge in [0.1, 0.15) is 5.75 Å². The van der Waals surface area contributed by atoms with Gasteiger partial charge in [0.2, 0.25) is 15.9 Å². The predicted octanol–water partition coefficient (Wildman–Crippen LogP) is 3.40. The van der Waals surface area contributed by atoms with Gasteiger partial charge in [-0.05, 0) is 31.5 Å². The Hall–Kier alpha value is -2.68. The van der Waals surface area contributed by atoms with Gasteiger partial charge in [0.15, 0.2) is 11.6 Å². The number of nitrogens with one attached hydrogen (secondary N) is 1. The molecule has 6 nitrogen and oxygen atoms in total. The molecule has 0 unspecified atom stereocenters. The number of rotatable bonds is 9. The van der Waals surface area contributed by atoms with Crippen LogP contribution in [0.5, 0.6) is 5.75 Å². The molecule has 2 aromatic carbocycles. The highest BCUT2D eigenvalue weighted by Gasteiger charge is 2.20. The SMILES string of the molecule is COc1ccccc1[C@@H](C)NC(=O)CCCN(c1ccc(F)c(F)c1)S(C)(=O)=O. The first kappa shape index (κ1) is 22.6. The number of hydrogen-bond donors (Lipinski definition) is 1. The fourth-order valence-electron chi connectivity index (χ4n) is 2.93. The summed E-state index contributed by atoms with van der Waals surface area (Å²) in [7, 11) is -2.18. The van der Waals surface area contributed by atoms with Crippen molar-refractivity contribution in [1.29, 1.82) is 0 Å². The molecule has 9 heteroatoms. The Balaban J connectivity index is 1.98. The molecule has 0 aliphatic heterocycles. The molecular formula is C20H24F2N2O4S. The number of anilines is 1. The lowest BCUT2D eigenvalue weighted by molar-refractivity contribution is -0.121. The smallest absolute Gasteiger partial charge is 0.232 e. The van der Waals surface area contributed by atoms with E-state index in [1.807, 2.05) is 25.1 Å². The lowest BCUT2D eigenvalue weighted by Gasteiger charge is -2.23. The van der Waals surface area contributed by atoms with Crippen molar-refractivity contribution in [2.45, 2.75) is 25.8 Å². The van der Waals surface area contributed by atoms with E-state index in [0.29, 0.717) is 5.75 Å². The Kier molecular flexibility index (Phi) is 7.55. The van der Waals surface area contributed by atoms with Gasteiger partial charge in [0.05, 0.1) is 25.1 Å². The quantitative estimate of drug-likeness (QED) is 0.667. The van der Waals surface area contributed by atoms with Crippen molar-refractivity contribution in [3.63, 3.8) is 0 Å². The van der Waals surface area contributed by atoms with Crippen molar-refractivity contribution >= 4 is 21.6 Å². The molecule has 29 heavy (non-hydrogen) atoms. The molecule has 2 aromatic rings. The molecule has 0 radical (unpaired) electrons. The van der Waals surface area contributed by atoms with E-state index in [4.69, 9.17) is 4.74 Å². The van der Waals surface area contributed by atoms with Gasteiger partial charge in [0.25, 0.3) is 0 Å². The summed E-state index contributed by atoms with van der Waals surface area (Å²) in [5.41, 5.74) is 0.831. The number of carbonyl (C=O) groups is 1. The highest BCUT2D eigenvalue weighted by Crippen LogP contribution is 2.24. The number of nitrogens with zero attached hydrogens (tertiary/aromatic N) is 1. The van der Waals surface area contributed by atoms with Crippen LogP contribution < -0.4 is 14.4 Å². The molecule has 1 N–H and O–H groups in total. The van der Waals surface area contributed by atoms with E-state index in [0.717, 1.165) is 28.3 Å². The maximum Gasteiger partial charge on any atom is 0.232 e. The van der Waals surface area contributed by atoms with Gasteiger partial charge in [-0.25, -0.2) is 17.2 Å². The van der Waals surface area contributed by atoms with Crippen molar-refractivity contribution in [2.24, 2.45) is 0 Å². The van der Waals surface area contributed by atoms with Gasteiger partial charge in [-0.2, -0.15) is 0 Å². The summed E-state index contributed by atoms with van der Waals surface area (Å²) in [6.07, 6.45) is 1.24. The third kappa shape index (κ3) is 6.15. The molecular weight excluding hydrogens is 402 g/mol. The molecule has 0 spiro atoms. The summed E-state index contributed by atoms with van der Waals surface area (Å²) in [5, 5.41) is 2.84. The predicted molar refractivity (Wildman–Crippen MR) is 107 cm³/mol. The third-order valence-electron chi connectivity index (χ3n) is 4.34. The summed E-state index contributed by atoms with van der Waals surface area (Å²) < 4.78 is 56.9. The number of amides is 1. The maximum absolute atomic E-state index is 13.5. The van der Waals surface area contributed by atoms with Crippen LogP contribution in [0.1, 0.15) is 31.4 Å². The molecule has 0 fully saturated rings. The third-order valence-corrected chi connectivity index (χ3v) is 5.53. The van der Waals surface area contributed by atoms with Crippen molar-refractivity contribution < 1.29 is 26.7 Å². The Morgan fingerprint density at radius 3 is 2.48 bits per heavy atom. The van der Waals surface area contributed by atoms with Crippen molar-refractivity contribution in [3.8, 4) is 5.75 Å². The first-order valence-corrected chi connectivity index (χ1v) is 10.8. The minimum Gasteiger partial charge on any atom is -0.496 e. The number of carbonyl (C=O) groups excluding carboxylic acids is 1. The number of ether oxygens (including phenoxy) is 1. The van der Waals surface area contributed by atoms with E-state index < -0.39 is 21.7 Å². The molecule has 0 bridgehead atoms. The second-order valence-corrected chi connectivity index (χ2v) is 8.48. The zero-order valence-electron chi connectivity index (χ0n) is 16.5. The molecule has 0 aliphatic carbocycles. The second-order valence-electron chi connectivity index (χ2n) is 6.57. The Bertz CT molecular complexity index is 967. The zero-order valence-corrected chi connectivity index (χ0v) is 17.3. The molecule has 0 heterocycles. The number of methoxy groups -OCH3 is 1. The monoisotopic (exact) mass is 426 g/mol. The fourth-order valence-corrected chi connectivity index (χ4v) is 3.88. The molecule has 0 aliphatic rings. The lowest BCUT2D eigenvalue weighted by atomic mass is 10.1. The van der Waals surface area contributed by atoms with Crippen LogP contribution in [0, 0.1) is 11.6 Å². The number of hydrogen-bond acceptors (Lipinski definition) is 4. The van der Waals surface area contributed by atoms with E-state index in [9.17, 15) is 22.0 Å². The molecule has 158 valence electrons. The normalized spacial score (nSPS) is 12.3. The topological polar surface area (TPSA) is 75.7 Å². The van der Waals surface area contributed by atoms with E-state index in [1.54, 1.807) is 13.2 Å². The highest BCUT2D eigenvalue weighted by molar-refractivity contribution is 7.92. The lowest BCUT2D eigenvalue weighted by Crippen LogP contribution is -2.32. The van der Waals surface area contributed by atoms with Crippen LogP contribution in [0.4, 0.5) is 14.5 Å². The second kappa shape index (κ2) is 9.69. The molecule has 0 saturated carbocycles. The Morgan fingerprint density at radius 2 is 1.86 bits per heavy atom. The first-order valence-electron chi connectivity index (χ1n) is 8.98. The summed E-state index contributed by atoms with van der Waals surface area (Å²) in [6.45, 7) is 1.78. The first-order chi connectivity index (χ1) is 13.6. The number of sulfonamides is 1. The minimum atomic E-state index is -3.72. The molecule has 0 aromatic heterocycles. The zero-order chi connectivity index (χ0) is 21.6. The molecule has 1 atom stereocenters. The number of benzene rings is 2. The van der Waals surface area contributed by atoms with Crippen LogP contribution in [-0.2, 0) is 14.8 Å². The van der Waals surface area contributed by atoms with Gasteiger partial charge in [-0.3, -0.25) is 9.10 Å². The van der Waals surface area contributed by atoms with Crippen LogP contribution >= 0.6 is 0 Å². The average molecular weight is 426 g/mol. The number of para-hydroxylation sites is 1. The maximum atomic E-state index is 13.5. The van der Waals surface area contributed by atoms with Gasteiger partial charge in [-0.15, -0.1) is 0 Å². The van der Waals surface area contributed by atoms with E-state index >= 15 is 0 Å². The minimum absolute atomic E-state index is 0.00852. The van der Waals surface area contributed by atoms with Crippen LogP contribution in [-0.4, -0.2) is 34.2 Å². The van der Waals surface area contributed by atoms with Gasteiger partial charge < -0.3 is 10.1 Å². The van der Waals surface area contributed by atoms with Crippen LogP contribution in [0.15, 0.2) is 42.5 Å². The average Bonchev–Trinajstić information content (AvgIpc) is 2.66. The molecule has 0 saturated heterocycles. The Morgan fingerprint density at radius 1 is 1.17 bits per heavy atom. The standard InChI is InChI=1S/C20H24F2N2O4S/c1-14(16-7-4-5-8-19(16)28-2)23-20(25)9-6-12-24(29(3,26)27)15-10-11-17(21)18(22)13-15/h4-5,7-8,10-11,13-14H,6,9,12H2,1-3H3,(H,23,25)/t14-/m1/s1. The summed E-state index contributed by atoms with van der Waals surface area (Å²) in [5.74, 6) is -1.81. The Labute approximate surface area is 169 Å². The van der Waals surface area contributed by atoms with Crippen molar-refractivity contribution in [2.75, 3.05) is 24.2 Å². The van der Waals surface area contributed by atoms with Gasteiger partial charge >= 0.3 is 0 Å². The van der Waals surface area contributed by atoms with Crippen LogP contribution in [0.3, 0.4) is 0 Å².